The molecule has 0 radical (unpaired) electrons. The lowest BCUT2D eigenvalue weighted by Gasteiger charge is -2.05. The van der Waals surface area contributed by atoms with E-state index >= 15 is 0 Å². The molecule has 0 spiro atoms. The first-order valence-corrected chi connectivity index (χ1v) is 6.11. The first kappa shape index (κ1) is 13.1. The maximum Gasteiger partial charge on any atom is 0.150 e. The highest BCUT2D eigenvalue weighted by molar-refractivity contribution is 5.79. The molecule has 0 aromatic heterocycles. The molecule has 0 aliphatic carbocycles. The van der Waals surface area contributed by atoms with Crippen LogP contribution in [-0.4, -0.2) is 13.4 Å². The Morgan fingerprint density at radius 2 is 1.63 bits per heavy atom. The molecule has 0 atom stereocenters. The van der Waals surface area contributed by atoms with Crippen LogP contribution in [0, 0.1) is 6.92 Å². The highest BCUT2D eigenvalue weighted by atomic mass is 16.5. The average Bonchev–Trinajstić information content (AvgIpc) is 2.46. The van der Waals surface area contributed by atoms with Crippen LogP contribution in [0.5, 0.6) is 5.75 Å². The van der Waals surface area contributed by atoms with Crippen LogP contribution in [0.25, 0.3) is 12.2 Å². The third-order valence-corrected chi connectivity index (χ3v) is 2.93. The Morgan fingerprint density at radius 1 is 0.947 bits per heavy atom. The van der Waals surface area contributed by atoms with Gasteiger partial charge in [-0.3, -0.25) is 4.79 Å². The van der Waals surface area contributed by atoms with Crippen LogP contribution >= 0.6 is 0 Å². The van der Waals surface area contributed by atoms with Crippen LogP contribution in [0.2, 0.25) is 0 Å². The fraction of sp³-hybridized carbons (Fsp3) is 0.118. The van der Waals surface area contributed by atoms with Gasteiger partial charge in [-0.05, 0) is 18.6 Å². The lowest BCUT2D eigenvalue weighted by atomic mass is 10.1. The molecule has 96 valence electrons. The molecule has 2 aromatic rings. The van der Waals surface area contributed by atoms with Gasteiger partial charge < -0.3 is 4.74 Å². The molecule has 0 heterocycles. The largest absolute Gasteiger partial charge is 0.496 e. The highest BCUT2D eigenvalue weighted by Crippen LogP contribution is 2.22. The summed E-state index contributed by atoms with van der Waals surface area (Å²) in [6.45, 7) is 2.06. The van der Waals surface area contributed by atoms with Gasteiger partial charge in [-0.25, -0.2) is 0 Å². The zero-order valence-electron chi connectivity index (χ0n) is 11.1. The molecule has 0 saturated carbocycles. The van der Waals surface area contributed by atoms with E-state index in [1.807, 2.05) is 18.2 Å². The van der Waals surface area contributed by atoms with Gasteiger partial charge in [0.1, 0.15) is 12.0 Å². The van der Waals surface area contributed by atoms with E-state index < -0.39 is 0 Å². The van der Waals surface area contributed by atoms with E-state index in [1.165, 1.54) is 5.56 Å². The Hall–Kier alpha value is -2.35. The van der Waals surface area contributed by atoms with E-state index in [2.05, 4.69) is 31.2 Å². The molecule has 0 amide bonds. The lowest BCUT2D eigenvalue weighted by Crippen LogP contribution is -1.89. The summed E-state index contributed by atoms with van der Waals surface area (Å²) >= 11 is 0. The minimum absolute atomic E-state index is 0.615. The zero-order chi connectivity index (χ0) is 13.7. The Balaban J connectivity index is 2.27. The van der Waals surface area contributed by atoms with Crippen molar-refractivity contribution in [2.24, 2.45) is 0 Å². The predicted molar refractivity (Wildman–Crippen MR) is 78.5 cm³/mol. The van der Waals surface area contributed by atoms with Gasteiger partial charge in [-0.2, -0.15) is 0 Å². The van der Waals surface area contributed by atoms with Gasteiger partial charge in [0.2, 0.25) is 0 Å². The Morgan fingerprint density at radius 3 is 2.26 bits per heavy atom. The van der Waals surface area contributed by atoms with Crippen molar-refractivity contribution in [3.63, 3.8) is 0 Å². The van der Waals surface area contributed by atoms with Crippen LogP contribution < -0.4 is 4.74 Å². The minimum Gasteiger partial charge on any atom is -0.496 e. The van der Waals surface area contributed by atoms with Crippen LogP contribution in [0.15, 0.2) is 42.5 Å². The molecule has 19 heavy (non-hydrogen) atoms. The van der Waals surface area contributed by atoms with Gasteiger partial charge >= 0.3 is 0 Å². The summed E-state index contributed by atoms with van der Waals surface area (Å²) in [5.41, 5.74) is 3.94. The third kappa shape index (κ3) is 3.32. The molecule has 2 nitrogen and oxygen atoms in total. The fourth-order valence-corrected chi connectivity index (χ4v) is 1.80. The van der Waals surface area contributed by atoms with E-state index in [0.29, 0.717) is 11.3 Å². The Bertz CT molecular complexity index is 595. The molecule has 0 aliphatic heterocycles. The number of methoxy groups -OCH3 is 1. The monoisotopic (exact) mass is 252 g/mol. The summed E-state index contributed by atoms with van der Waals surface area (Å²) in [4.78, 5) is 10.7. The fourth-order valence-electron chi connectivity index (χ4n) is 1.80. The number of benzene rings is 2. The van der Waals surface area contributed by atoms with Crippen molar-refractivity contribution < 1.29 is 9.53 Å². The van der Waals surface area contributed by atoms with Crippen molar-refractivity contribution in [1.29, 1.82) is 0 Å². The summed E-state index contributed by atoms with van der Waals surface area (Å²) in [6.07, 6.45) is 4.83. The molecule has 0 fully saturated rings. The molecule has 0 unspecified atom stereocenters. The summed E-state index contributed by atoms with van der Waals surface area (Å²) < 4.78 is 5.29. The second-order valence-electron chi connectivity index (χ2n) is 4.36. The van der Waals surface area contributed by atoms with Crippen molar-refractivity contribution in [3.8, 4) is 5.75 Å². The van der Waals surface area contributed by atoms with Crippen molar-refractivity contribution >= 4 is 18.4 Å². The number of ether oxygens (including phenoxy) is 1. The highest BCUT2D eigenvalue weighted by Gasteiger charge is 2.01. The van der Waals surface area contributed by atoms with Gasteiger partial charge in [0.05, 0.1) is 7.11 Å². The second kappa shape index (κ2) is 6.01. The van der Waals surface area contributed by atoms with Gasteiger partial charge in [-0.15, -0.1) is 0 Å². The third-order valence-electron chi connectivity index (χ3n) is 2.93. The van der Waals surface area contributed by atoms with Gasteiger partial charge in [0, 0.05) is 11.1 Å². The maximum absolute atomic E-state index is 10.7. The van der Waals surface area contributed by atoms with Crippen molar-refractivity contribution in [1.82, 2.24) is 0 Å². The standard InChI is InChI=1S/C17H16O2/c1-13-3-5-14(6-4-13)7-9-16-10-8-15(12-18)11-17(16)19-2/h3-12H,1-2H3/b9-7+. The molecule has 0 bridgehead atoms. The molecule has 2 rings (SSSR count). The summed E-state index contributed by atoms with van der Waals surface area (Å²) in [6, 6.07) is 13.7. The Labute approximate surface area is 113 Å². The normalized spacial score (nSPS) is 10.6. The Kier molecular flexibility index (Phi) is 4.14. The molecule has 2 heteroatoms. The number of carbonyl (C=O) groups is 1. The number of rotatable bonds is 4. The molecular formula is C17H16O2. The SMILES string of the molecule is COc1cc(C=O)ccc1/C=C/c1ccc(C)cc1. The predicted octanol–water partition coefficient (Wildman–Crippen LogP) is 3.99. The van der Waals surface area contributed by atoms with E-state index in [9.17, 15) is 4.79 Å². The van der Waals surface area contributed by atoms with E-state index in [1.54, 1.807) is 19.2 Å². The first-order chi connectivity index (χ1) is 9.22. The molecule has 2 aromatic carbocycles. The van der Waals surface area contributed by atoms with Crippen LogP contribution in [-0.2, 0) is 0 Å². The average molecular weight is 252 g/mol. The quantitative estimate of drug-likeness (QED) is 0.607. The topological polar surface area (TPSA) is 26.3 Å². The van der Waals surface area contributed by atoms with Crippen molar-refractivity contribution in [3.05, 3.63) is 64.7 Å². The van der Waals surface area contributed by atoms with E-state index in [4.69, 9.17) is 4.74 Å². The van der Waals surface area contributed by atoms with Gasteiger partial charge in [0.15, 0.2) is 0 Å². The summed E-state index contributed by atoms with van der Waals surface area (Å²) in [5, 5.41) is 0. The van der Waals surface area contributed by atoms with Gasteiger partial charge in [-0.1, -0.05) is 54.1 Å². The van der Waals surface area contributed by atoms with Gasteiger partial charge in [0.25, 0.3) is 0 Å². The lowest BCUT2D eigenvalue weighted by molar-refractivity contribution is 0.112. The molecule has 0 N–H and O–H groups in total. The number of aryl methyl sites for hydroxylation is 1. The zero-order valence-corrected chi connectivity index (χ0v) is 11.1. The van der Waals surface area contributed by atoms with Crippen LogP contribution in [0.4, 0.5) is 0 Å². The van der Waals surface area contributed by atoms with E-state index in [-0.39, 0.29) is 0 Å². The first-order valence-electron chi connectivity index (χ1n) is 6.11. The number of hydrogen-bond acceptors (Lipinski definition) is 2. The molecule has 0 saturated heterocycles. The number of aldehydes is 1. The van der Waals surface area contributed by atoms with Crippen LogP contribution in [0.1, 0.15) is 27.0 Å². The molecular weight excluding hydrogens is 236 g/mol. The summed E-state index contributed by atoms with van der Waals surface area (Å²) in [5.74, 6) is 0.702. The van der Waals surface area contributed by atoms with E-state index in [0.717, 1.165) is 17.4 Å². The minimum atomic E-state index is 0.615. The smallest absolute Gasteiger partial charge is 0.150 e. The summed E-state index contributed by atoms with van der Waals surface area (Å²) in [7, 11) is 1.60. The van der Waals surface area contributed by atoms with Crippen molar-refractivity contribution in [2.45, 2.75) is 6.92 Å². The number of carbonyl (C=O) groups excluding carboxylic acids is 1. The van der Waals surface area contributed by atoms with Crippen LogP contribution in [0.3, 0.4) is 0 Å². The van der Waals surface area contributed by atoms with Crippen molar-refractivity contribution in [2.75, 3.05) is 7.11 Å². The second-order valence-corrected chi connectivity index (χ2v) is 4.36. The molecule has 0 aliphatic rings. The maximum atomic E-state index is 10.7. The number of hydrogen-bond donors (Lipinski definition) is 0.